The van der Waals surface area contributed by atoms with Gasteiger partial charge in [0.1, 0.15) is 0 Å². The largest absolute Gasteiger partial charge is 0.293 e. The molecule has 0 aliphatic rings. The van der Waals surface area contributed by atoms with E-state index < -0.39 is 0 Å². The minimum Gasteiger partial charge on any atom is -0.293 e. The van der Waals surface area contributed by atoms with Crippen LogP contribution in [0.5, 0.6) is 0 Å². The molecular weight excluding hydrogens is 529 g/mol. The van der Waals surface area contributed by atoms with Crippen molar-refractivity contribution in [2.75, 3.05) is 4.90 Å². The van der Waals surface area contributed by atoms with Crippen molar-refractivity contribution < 1.29 is 0 Å². The first-order valence-corrected chi connectivity index (χ1v) is 15.0. The van der Waals surface area contributed by atoms with Crippen molar-refractivity contribution >= 4 is 59.5 Å². The van der Waals surface area contributed by atoms with Gasteiger partial charge in [0.15, 0.2) is 5.82 Å². The van der Waals surface area contributed by atoms with Crippen LogP contribution in [0.3, 0.4) is 0 Å². The lowest BCUT2D eigenvalue weighted by Crippen LogP contribution is -2.12. The number of aromatic nitrogens is 1. The minimum absolute atomic E-state index is 0.939. The molecule has 2 aromatic heterocycles. The highest BCUT2D eigenvalue weighted by atomic mass is 32.1. The first-order chi connectivity index (χ1) is 20.8. The van der Waals surface area contributed by atoms with Gasteiger partial charge in [-0.15, -0.1) is 11.3 Å². The Bertz CT molecular complexity index is 2180. The number of hydrogen-bond acceptors (Lipinski definition) is 3. The van der Waals surface area contributed by atoms with Crippen molar-refractivity contribution in [2.45, 2.75) is 0 Å². The summed E-state index contributed by atoms with van der Waals surface area (Å²) in [6.45, 7) is 0. The number of fused-ring (bicyclic) bond motifs is 5. The van der Waals surface area contributed by atoms with Gasteiger partial charge in [-0.3, -0.25) is 4.90 Å². The highest BCUT2D eigenvalue weighted by Crippen LogP contribution is 2.47. The zero-order chi connectivity index (χ0) is 27.9. The maximum Gasteiger partial charge on any atom is 0.155 e. The summed E-state index contributed by atoms with van der Waals surface area (Å²) in [6, 6.07) is 53.9. The van der Waals surface area contributed by atoms with E-state index in [2.05, 4.69) is 157 Å². The van der Waals surface area contributed by atoms with E-state index in [9.17, 15) is 0 Å². The van der Waals surface area contributed by atoms with E-state index in [1.54, 1.807) is 0 Å². The molecule has 0 bridgehead atoms. The fourth-order valence-electron chi connectivity index (χ4n) is 5.92. The Morgan fingerprint density at radius 1 is 0.452 bits per heavy atom. The van der Waals surface area contributed by atoms with Gasteiger partial charge in [-0.05, 0) is 51.7 Å². The third-order valence-corrected chi connectivity index (χ3v) is 9.18. The Morgan fingerprint density at radius 3 is 1.90 bits per heavy atom. The Morgan fingerprint density at radius 2 is 1.10 bits per heavy atom. The van der Waals surface area contributed by atoms with E-state index in [0.717, 1.165) is 22.8 Å². The van der Waals surface area contributed by atoms with Crippen LogP contribution in [0, 0.1) is 0 Å². The maximum atomic E-state index is 5.09. The number of hydrogen-bond donors (Lipinski definition) is 0. The molecule has 0 unspecified atom stereocenters. The molecule has 0 saturated heterocycles. The van der Waals surface area contributed by atoms with Crippen LogP contribution in [0.2, 0.25) is 0 Å². The maximum absolute atomic E-state index is 5.09. The summed E-state index contributed by atoms with van der Waals surface area (Å²) in [5, 5.41) is 5.04. The fraction of sp³-hybridized carbons (Fsp3) is 0. The monoisotopic (exact) mass is 554 g/mol. The molecule has 0 spiro atoms. The SMILES string of the molecule is c1ccc(-c2ccc(N(c3ccccc3-c3ccccc3)c3nccc4c3sc3c5ccccc5ccc43)cc2)cc1. The standard InChI is InChI=1S/C39H26N2S/c1-3-11-27(12-4-1)28-19-22-31(23-20-28)41(36-18-10-9-16-32(36)29-13-5-2-6-14-29)39-38-35(25-26-40-39)34-24-21-30-15-7-8-17-33(30)37(34)42-38/h1-26H. The minimum atomic E-state index is 0.939. The van der Waals surface area contributed by atoms with Crippen LogP contribution < -0.4 is 4.90 Å². The number of benzene rings is 6. The van der Waals surface area contributed by atoms with Crippen LogP contribution in [0.4, 0.5) is 17.2 Å². The number of nitrogens with zero attached hydrogens (tertiary/aromatic N) is 2. The first-order valence-electron chi connectivity index (χ1n) is 14.1. The lowest BCUT2D eigenvalue weighted by Gasteiger charge is -2.27. The highest BCUT2D eigenvalue weighted by molar-refractivity contribution is 7.27. The molecule has 8 rings (SSSR count). The van der Waals surface area contributed by atoms with Gasteiger partial charge < -0.3 is 0 Å². The van der Waals surface area contributed by atoms with E-state index in [1.165, 1.54) is 47.6 Å². The topological polar surface area (TPSA) is 16.1 Å². The summed E-state index contributed by atoms with van der Waals surface area (Å²) >= 11 is 1.83. The van der Waals surface area contributed by atoms with Gasteiger partial charge in [0.05, 0.1) is 10.4 Å². The predicted molar refractivity (Wildman–Crippen MR) is 180 cm³/mol. The molecule has 2 heterocycles. The third-order valence-electron chi connectivity index (χ3n) is 7.93. The summed E-state index contributed by atoms with van der Waals surface area (Å²) < 4.78 is 2.48. The number of para-hydroxylation sites is 1. The van der Waals surface area contributed by atoms with Gasteiger partial charge >= 0.3 is 0 Å². The van der Waals surface area contributed by atoms with Crippen molar-refractivity contribution in [1.82, 2.24) is 4.98 Å². The number of thiophene rings is 1. The molecule has 2 nitrogen and oxygen atoms in total. The molecule has 0 amide bonds. The molecule has 0 aliphatic heterocycles. The summed E-state index contributed by atoms with van der Waals surface area (Å²) in [6.07, 6.45) is 1.95. The molecular formula is C39H26N2S. The lowest BCUT2D eigenvalue weighted by atomic mass is 10.0. The number of rotatable bonds is 5. The van der Waals surface area contributed by atoms with E-state index in [-0.39, 0.29) is 0 Å². The highest BCUT2D eigenvalue weighted by Gasteiger charge is 2.22. The van der Waals surface area contributed by atoms with Gasteiger partial charge in [-0.2, -0.15) is 0 Å². The zero-order valence-corrected chi connectivity index (χ0v) is 23.6. The van der Waals surface area contributed by atoms with Gasteiger partial charge in [0.2, 0.25) is 0 Å². The molecule has 42 heavy (non-hydrogen) atoms. The molecule has 3 heteroatoms. The second-order valence-corrected chi connectivity index (χ2v) is 11.4. The summed E-state index contributed by atoms with van der Waals surface area (Å²) in [5.74, 6) is 0.939. The van der Waals surface area contributed by atoms with Crippen LogP contribution >= 0.6 is 11.3 Å². The summed E-state index contributed by atoms with van der Waals surface area (Å²) in [5.41, 5.74) is 6.90. The van der Waals surface area contributed by atoms with Crippen LogP contribution in [-0.2, 0) is 0 Å². The van der Waals surface area contributed by atoms with E-state index in [0.29, 0.717) is 0 Å². The van der Waals surface area contributed by atoms with E-state index in [4.69, 9.17) is 4.98 Å². The third kappa shape index (κ3) is 4.14. The Balaban J connectivity index is 1.39. The van der Waals surface area contributed by atoms with Crippen molar-refractivity contribution in [3.63, 3.8) is 0 Å². The van der Waals surface area contributed by atoms with Crippen LogP contribution in [0.25, 0.3) is 53.2 Å². The van der Waals surface area contributed by atoms with Gasteiger partial charge in [0, 0.05) is 32.9 Å². The normalized spacial score (nSPS) is 11.3. The van der Waals surface area contributed by atoms with Gasteiger partial charge in [0.25, 0.3) is 0 Å². The Labute approximate surface area is 248 Å². The van der Waals surface area contributed by atoms with Gasteiger partial charge in [-0.25, -0.2) is 4.98 Å². The first kappa shape index (κ1) is 24.5. The summed E-state index contributed by atoms with van der Waals surface area (Å²) in [4.78, 5) is 7.42. The quantitative estimate of drug-likeness (QED) is 0.210. The molecule has 6 aromatic carbocycles. The number of anilines is 3. The van der Waals surface area contributed by atoms with Gasteiger partial charge in [-0.1, -0.05) is 127 Å². The van der Waals surface area contributed by atoms with E-state index in [1.807, 2.05) is 17.5 Å². The Hall–Kier alpha value is -5.25. The molecule has 8 aromatic rings. The molecule has 0 N–H and O–H groups in total. The fourth-order valence-corrected chi connectivity index (χ4v) is 7.23. The molecule has 0 saturated carbocycles. The predicted octanol–water partition coefficient (Wildman–Crippen LogP) is 11.4. The van der Waals surface area contributed by atoms with E-state index >= 15 is 0 Å². The van der Waals surface area contributed by atoms with Crippen LogP contribution in [-0.4, -0.2) is 4.98 Å². The number of pyridine rings is 1. The van der Waals surface area contributed by atoms with Crippen molar-refractivity contribution in [2.24, 2.45) is 0 Å². The summed E-state index contributed by atoms with van der Waals surface area (Å²) in [7, 11) is 0. The smallest absolute Gasteiger partial charge is 0.155 e. The van der Waals surface area contributed by atoms with Crippen LogP contribution in [0.1, 0.15) is 0 Å². The molecule has 0 aliphatic carbocycles. The second kappa shape index (κ2) is 10.3. The van der Waals surface area contributed by atoms with Crippen molar-refractivity contribution in [3.05, 3.63) is 158 Å². The van der Waals surface area contributed by atoms with Crippen molar-refractivity contribution in [1.29, 1.82) is 0 Å². The molecule has 0 radical (unpaired) electrons. The second-order valence-electron chi connectivity index (χ2n) is 10.4. The van der Waals surface area contributed by atoms with Crippen LogP contribution in [0.15, 0.2) is 158 Å². The molecule has 198 valence electrons. The van der Waals surface area contributed by atoms with Crippen molar-refractivity contribution in [3.8, 4) is 22.3 Å². The molecule has 0 fully saturated rings. The average molecular weight is 555 g/mol. The lowest BCUT2D eigenvalue weighted by molar-refractivity contribution is 1.21. The zero-order valence-electron chi connectivity index (χ0n) is 22.8. The molecule has 0 atom stereocenters. The average Bonchev–Trinajstić information content (AvgIpc) is 3.46. The Kier molecular flexibility index (Phi) is 6.02.